The number of carbonyl (C=O) groups excluding carboxylic acids is 2. The topological polar surface area (TPSA) is 79.0 Å². The molecule has 0 aromatic heterocycles. The lowest BCUT2D eigenvalue weighted by Gasteiger charge is -2.25. The van der Waals surface area contributed by atoms with Gasteiger partial charge in [0, 0.05) is 24.1 Å². The Hall–Kier alpha value is -3.06. The molecular formula is C22H25FN4O2. The van der Waals surface area contributed by atoms with Crippen molar-refractivity contribution in [3.63, 3.8) is 0 Å². The van der Waals surface area contributed by atoms with Gasteiger partial charge in [-0.05, 0) is 44.2 Å². The maximum atomic E-state index is 14.7. The van der Waals surface area contributed by atoms with Crippen LogP contribution in [-0.2, 0) is 9.59 Å². The summed E-state index contributed by atoms with van der Waals surface area (Å²) >= 11 is 0. The fourth-order valence-electron chi connectivity index (χ4n) is 3.33. The van der Waals surface area contributed by atoms with Crippen LogP contribution in [-0.4, -0.2) is 30.1 Å². The summed E-state index contributed by atoms with van der Waals surface area (Å²) in [5.41, 5.74) is 1.06. The lowest BCUT2D eigenvalue weighted by atomic mass is 9.98. The lowest BCUT2D eigenvalue weighted by Crippen LogP contribution is -2.41. The Kier molecular flexibility index (Phi) is 5.28. The number of rotatable bonds is 3. The van der Waals surface area contributed by atoms with Crippen LogP contribution in [0.1, 0.15) is 38.8 Å². The van der Waals surface area contributed by atoms with Gasteiger partial charge in [0.2, 0.25) is 5.91 Å². The number of carbonyl (C=O) groups is 2. The standard InChI is InChI=1S/C22H25FN4O2/c1-13(2)20(28)27(24)14-10-11-18-16(12-14)19(15-8-6-7-9-17(15)23)25-22(3,4)21(29)26(18)5/h6-13H,24H2,1-5H3. The van der Waals surface area contributed by atoms with Gasteiger partial charge in [-0.15, -0.1) is 0 Å². The highest BCUT2D eigenvalue weighted by Crippen LogP contribution is 2.34. The fraction of sp³-hybridized carbons (Fsp3) is 0.318. The number of benzene rings is 2. The van der Waals surface area contributed by atoms with E-state index in [4.69, 9.17) is 5.84 Å². The second-order valence-electron chi connectivity index (χ2n) is 7.93. The number of amides is 2. The van der Waals surface area contributed by atoms with Gasteiger partial charge in [0.05, 0.1) is 17.1 Å². The Bertz CT molecular complexity index is 1010. The first-order valence-electron chi connectivity index (χ1n) is 9.40. The normalized spacial score (nSPS) is 15.7. The molecule has 0 fully saturated rings. The summed E-state index contributed by atoms with van der Waals surface area (Å²) in [4.78, 5) is 31.4. The monoisotopic (exact) mass is 396 g/mol. The molecule has 0 saturated heterocycles. The molecule has 0 saturated carbocycles. The van der Waals surface area contributed by atoms with Crippen LogP contribution in [0.3, 0.4) is 0 Å². The van der Waals surface area contributed by atoms with Gasteiger partial charge in [-0.2, -0.15) is 0 Å². The van der Waals surface area contributed by atoms with Gasteiger partial charge in [0.25, 0.3) is 5.91 Å². The van der Waals surface area contributed by atoms with Crippen LogP contribution in [0.15, 0.2) is 47.5 Å². The van der Waals surface area contributed by atoms with Crippen molar-refractivity contribution < 1.29 is 14.0 Å². The zero-order valence-electron chi connectivity index (χ0n) is 17.2. The van der Waals surface area contributed by atoms with E-state index in [2.05, 4.69) is 4.99 Å². The molecule has 2 aromatic carbocycles. The van der Waals surface area contributed by atoms with Gasteiger partial charge in [-0.25, -0.2) is 15.2 Å². The van der Waals surface area contributed by atoms with Crippen LogP contribution in [0.5, 0.6) is 0 Å². The number of hydrogen-bond donors (Lipinski definition) is 1. The molecule has 6 nitrogen and oxygen atoms in total. The van der Waals surface area contributed by atoms with Crippen molar-refractivity contribution in [3.8, 4) is 0 Å². The maximum absolute atomic E-state index is 14.7. The highest BCUT2D eigenvalue weighted by Gasteiger charge is 2.36. The minimum atomic E-state index is -1.10. The molecule has 29 heavy (non-hydrogen) atoms. The molecule has 1 aliphatic heterocycles. The molecule has 0 aliphatic carbocycles. The summed E-state index contributed by atoms with van der Waals surface area (Å²) in [6.45, 7) is 6.90. The van der Waals surface area contributed by atoms with Gasteiger partial charge in [-0.1, -0.05) is 26.0 Å². The second-order valence-corrected chi connectivity index (χ2v) is 7.93. The summed E-state index contributed by atoms with van der Waals surface area (Å²) in [5, 5.41) is 1.07. The summed E-state index contributed by atoms with van der Waals surface area (Å²) in [6, 6.07) is 11.3. The number of likely N-dealkylation sites (N-methyl/N-ethyl adjacent to an activating group) is 1. The number of nitrogens with two attached hydrogens (primary N) is 1. The van der Waals surface area contributed by atoms with Crippen LogP contribution >= 0.6 is 0 Å². The van der Waals surface area contributed by atoms with Crippen molar-refractivity contribution in [3.05, 3.63) is 59.4 Å². The SMILES string of the molecule is CC(C)C(=O)N(N)c1ccc2c(c1)C(c1ccccc1F)=NC(C)(C)C(=O)N2C. The summed E-state index contributed by atoms with van der Waals surface area (Å²) < 4.78 is 14.7. The van der Waals surface area contributed by atoms with E-state index in [-0.39, 0.29) is 23.3 Å². The molecule has 1 aliphatic rings. The fourth-order valence-corrected chi connectivity index (χ4v) is 3.33. The molecule has 0 unspecified atom stereocenters. The summed E-state index contributed by atoms with van der Waals surface area (Å²) in [6.07, 6.45) is 0. The van der Waals surface area contributed by atoms with E-state index in [0.717, 1.165) is 5.01 Å². The number of nitrogens with zero attached hydrogens (tertiary/aromatic N) is 3. The van der Waals surface area contributed by atoms with E-state index >= 15 is 0 Å². The van der Waals surface area contributed by atoms with Gasteiger partial charge in [-0.3, -0.25) is 14.6 Å². The summed E-state index contributed by atoms with van der Waals surface area (Å²) in [5.74, 6) is 4.82. The largest absolute Gasteiger partial charge is 0.313 e. The van der Waals surface area contributed by atoms with Crippen LogP contribution < -0.4 is 15.8 Å². The number of aliphatic imine (C=N–C) groups is 1. The predicted octanol–water partition coefficient (Wildman–Crippen LogP) is 3.28. The third-order valence-corrected chi connectivity index (χ3v) is 4.95. The van der Waals surface area contributed by atoms with Gasteiger partial charge in [0.15, 0.2) is 0 Å². The average molecular weight is 396 g/mol. The van der Waals surface area contributed by atoms with Crippen molar-refractivity contribution in [1.82, 2.24) is 0 Å². The van der Waals surface area contributed by atoms with E-state index < -0.39 is 11.4 Å². The zero-order valence-corrected chi connectivity index (χ0v) is 17.2. The Morgan fingerprint density at radius 2 is 1.83 bits per heavy atom. The van der Waals surface area contributed by atoms with Crippen LogP contribution in [0.2, 0.25) is 0 Å². The third kappa shape index (κ3) is 3.65. The first-order valence-corrected chi connectivity index (χ1v) is 9.40. The zero-order chi connectivity index (χ0) is 21.5. The molecule has 1 heterocycles. The molecule has 2 amide bonds. The van der Waals surface area contributed by atoms with Crippen LogP contribution in [0.4, 0.5) is 15.8 Å². The number of benzodiazepines with no additional fused rings is 1. The molecule has 3 rings (SSSR count). The van der Waals surface area contributed by atoms with Gasteiger partial charge >= 0.3 is 0 Å². The van der Waals surface area contributed by atoms with Crippen molar-refractivity contribution >= 4 is 28.9 Å². The molecule has 2 N–H and O–H groups in total. The highest BCUT2D eigenvalue weighted by molar-refractivity contribution is 6.21. The quantitative estimate of drug-likeness (QED) is 0.491. The number of anilines is 2. The molecule has 0 spiro atoms. The molecule has 152 valence electrons. The second kappa shape index (κ2) is 7.40. The number of halogens is 1. The first kappa shape index (κ1) is 20.7. The number of hydrazine groups is 1. The maximum Gasteiger partial charge on any atom is 0.254 e. The molecule has 0 bridgehead atoms. The number of hydrogen-bond acceptors (Lipinski definition) is 4. The minimum Gasteiger partial charge on any atom is -0.313 e. The van der Waals surface area contributed by atoms with Crippen LogP contribution in [0, 0.1) is 11.7 Å². The third-order valence-electron chi connectivity index (χ3n) is 4.95. The Balaban J connectivity index is 2.28. The van der Waals surface area contributed by atoms with Crippen molar-refractivity contribution in [2.75, 3.05) is 17.0 Å². The van der Waals surface area contributed by atoms with E-state index in [1.165, 1.54) is 11.0 Å². The lowest BCUT2D eigenvalue weighted by molar-refractivity contribution is -0.122. The van der Waals surface area contributed by atoms with E-state index in [9.17, 15) is 14.0 Å². The Morgan fingerprint density at radius 3 is 2.45 bits per heavy atom. The molecular weight excluding hydrogens is 371 g/mol. The van der Waals surface area contributed by atoms with Crippen molar-refractivity contribution in [1.29, 1.82) is 0 Å². The highest BCUT2D eigenvalue weighted by atomic mass is 19.1. The van der Waals surface area contributed by atoms with E-state index in [1.807, 2.05) is 0 Å². The van der Waals surface area contributed by atoms with Gasteiger partial charge in [0.1, 0.15) is 11.4 Å². The predicted molar refractivity (Wildman–Crippen MR) is 112 cm³/mol. The number of fused-ring (bicyclic) bond motifs is 1. The summed E-state index contributed by atoms with van der Waals surface area (Å²) in [7, 11) is 1.65. The first-order chi connectivity index (χ1) is 13.5. The molecule has 0 atom stereocenters. The molecule has 0 radical (unpaired) electrons. The minimum absolute atomic E-state index is 0.222. The van der Waals surface area contributed by atoms with Crippen molar-refractivity contribution in [2.45, 2.75) is 33.2 Å². The van der Waals surface area contributed by atoms with E-state index in [1.54, 1.807) is 71.1 Å². The Labute approximate surface area is 169 Å². The Morgan fingerprint density at radius 1 is 1.17 bits per heavy atom. The van der Waals surface area contributed by atoms with Crippen molar-refractivity contribution in [2.24, 2.45) is 16.8 Å². The molecule has 2 aromatic rings. The van der Waals surface area contributed by atoms with E-state index in [0.29, 0.717) is 22.6 Å². The van der Waals surface area contributed by atoms with Gasteiger partial charge < -0.3 is 4.90 Å². The average Bonchev–Trinajstić information content (AvgIpc) is 2.76. The van der Waals surface area contributed by atoms with Crippen LogP contribution in [0.25, 0.3) is 0 Å². The molecule has 7 heteroatoms. The smallest absolute Gasteiger partial charge is 0.254 e.